The molecule has 2 N–H and O–H groups in total. The fraction of sp³-hybridized carbons (Fsp3) is 0.333. The molecule has 2 atom stereocenters. The van der Waals surface area contributed by atoms with Crippen molar-refractivity contribution >= 4 is 27.7 Å². The maximum Gasteiger partial charge on any atom is 0.291 e. The number of carbonyl (C=O) groups excluding carboxylic acids is 2. The van der Waals surface area contributed by atoms with E-state index in [1.807, 2.05) is 41.4 Å². The summed E-state index contributed by atoms with van der Waals surface area (Å²) >= 11 is 3.46. The minimum Gasteiger partial charge on any atom is -0.337 e. The summed E-state index contributed by atoms with van der Waals surface area (Å²) in [6, 6.07) is 9.16. The number of carbonyl (C=O) groups is 2. The maximum atomic E-state index is 12.8. The van der Waals surface area contributed by atoms with Gasteiger partial charge in [0.15, 0.2) is 0 Å². The number of nitrogens with one attached hydrogen (secondary N) is 2. The van der Waals surface area contributed by atoms with Crippen LogP contribution in [-0.4, -0.2) is 61.1 Å². The highest BCUT2D eigenvalue weighted by molar-refractivity contribution is 9.09. The molecule has 0 bridgehead atoms. The number of fused-ring (bicyclic) bond motifs is 1. The molecule has 0 radical (unpaired) electrons. The maximum absolute atomic E-state index is 12.8. The highest BCUT2D eigenvalue weighted by Crippen LogP contribution is 2.23. The molecule has 28 heavy (non-hydrogen) atoms. The van der Waals surface area contributed by atoms with E-state index in [4.69, 9.17) is 0 Å². The fourth-order valence-electron chi connectivity index (χ4n) is 3.28. The Hall–Kier alpha value is -2.72. The van der Waals surface area contributed by atoms with Crippen molar-refractivity contribution in [3.8, 4) is 0 Å². The molecule has 146 valence electrons. The fourth-order valence-corrected chi connectivity index (χ4v) is 3.76. The second kappa shape index (κ2) is 7.72. The molecule has 3 heterocycles. The number of rotatable bonds is 4. The zero-order valence-corrected chi connectivity index (χ0v) is 16.8. The lowest BCUT2D eigenvalue weighted by molar-refractivity contribution is -0.130. The summed E-state index contributed by atoms with van der Waals surface area (Å²) in [5.74, 6) is 0.193. The van der Waals surface area contributed by atoms with Gasteiger partial charge in [0.2, 0.25) is 5.82 Å². The summed E-state index contributed by atoms with van der Waals surface area (Å²) in [6.45, 7) is 1.11. The molecule has 2 unspecified atom stereocenters. The number of hydrazine groups is 1. The number of benzene rings is 1. The van der Waals surface area contributed by atoms with Crippen molar-refractivity contribution in [2.75, 3.05) is 13.6 Å². The first-order valence-electron chi connectivity index (χ1n) is 8.92. The summed E-state index contributed by atoms with van der Waals surface area (Å²) in [6.07, 6.45) is 3.91. The molecule has 2 amide bonds. The monoisotopic (exact) mass is 445 g/mol. The number of nitrogens with zero attached hydrogens (tertiary/aromatic N) is 5. The van der Waals surface area contributed by atoms with Crippen LogP contribution in [0.15, 0.2) is 48.6 Å². The van der Waals surface area contributed by atoms with Gasteiger partial charge in [-0.15, -0.1) is 5.10 Å². The van der Waals surface area contributed by atoms with Gasteiger partial charge < -0.3 is 5.32 Å². The molecule has 2 aliphatic rings. The van der Waals surface area contributed by atoms with Crippen molar-refractivity contribution in [1.29, 1.82) is 0 Å². The minimum atomic E-state index is -0.638. The first kappa shape index (κ1) is 18.6. The topological polar surface area (TPSA) is 95.4 Å². The van der Waals surface area contributed by atoms with Crippen LogP contribution in [0.3, 0.4) is 0 Å². The van der Waals surface area contributed by atoms with Crippen LogP contribution in [0.2, 0.25) is 0 Å². The first-order valence-corrected chi connectivity index (χ1v) is 9.84. The number of aromatic nitrogens is 3. The number of likely N-dealkylation sites (N-methyl/N-ethyl adjacent to an activating group) is 1. The number of amides is 2. The third-order valence-electron chi connectivity index (χ3n) is 4.70. The smallest absolute Gasteiger partial charge is 0.291 e. The van der Waals surface area contributed by atoms with Crippen LogP contribution in [0.25, 0.3) is 0 Å². The molecular formula is C18H20BrN7O2. The van der Waals surface area contributed by atoms with Gasteiger partial charge in [0, 0.05) is 13.6 Å². The van der Waals surface area contributed by atoms with Crippen LogP contribution >= 0.6 is 15.9 Å². The van der Waals surface area contributed by atoms with Crippen molar-refractivity contribution < 1.29 is 9.59 Å². The van der Waals surface area contributed by atoms with E-state index in [1.165, 1.54) is 6.33 Å². The zero-order valence-electron chi connectivity index (χ0n) is 15.2. The second-order valence-corrected chi connectivity index (χ2v) is 7.66. The number of hydrogen-bond acceptors (Lipinski definition) is 6. The SMILES string of the molecule is CN1C(=O)C(NC(=O)c2ncn(Cc3ccccc3)n2)CCN2NC(Br)C=C21. The molecule has 1 saturated heterocycles. The van der Waals surface area contributed by atoms with E-state index >= 15 is 0 Å². The molecule has 0 spiro atoms. The Morgan fingerprint density at radius 2 is 2.14 bits per heavy atom. The Morgan fingerprint density at radius 1 is 1.36 bits per heavy atom. The summed E-state index contributed by atoms with van der Waals surface area (Å²) in [5, 5.41) is 8.90. The molecule has 1 aromatic heterocycles. The lowest BCUT2D eigenvalue weighted by atomic mass is 10.2. The lowest BCUT2D eigenvalue weighted by Crippen LogP contribution is -2.46. The number of hydrogen-bond donors (Lipinski definition) is 2. The Labute approximate surface area is 170 Å². The van der Waals surface area contributed by atoms with Gasteiger partial charge in [-0.05, 0) is 18.1 Å². The van der Waals surface area contributed by atoms with Gasteiger partial charge in [-0.2, -0.15) is 0 Å². The molecule has 0 aliphatic carbocycles. The van der Waals surface area contributed by atoms with E-state index in [1.54, 1.807) is 16.6 Å². The lowest BCUT2D eigenvalue weighted by Gasteiger charge is -2.24. The van der Waals surface area contributed by atoms with Gasteiger partial charge in [-0.25, -0.2) is 15.1 Å². The summed E-state index contributed by atoms with van der Waals surface area (Å²) in [5.41, 5.74) is 4.26. The van der Waals surface area contributed by atoms with E-state index in [2.05, 4.69) is 36.8 Å². The van der Waals surface area contributed by atoms with E-state index < -0.39 is 11.9 Å². The molecule has 0 saturated carbocycles. The van der Waals surface area contributed by atoms with Crippen molar-refractivity contribution in [3.63, 3.8) is 0 Å². The van der Waals surface area contributed by atoms with Crippen LogP contribution in [0.5, 0.6) is 0 Å². The van der Waals surface area contributed by atoms with Gasteiger partial charge >= 0.3 is 0 Å². The first-order chi connectivity index (χ1) is 13.5. The van der Waals surface area contributed by atoms with E-state index in [-0.39, 0.29) is 16.7 Å². The molecule has 9 nitrogen and oxygen atoms in total. The van der Waals surface area contributed by atoms with E-state index in [9.17, 15) is 9.59 Å². The zero-order chi connectivity index (χ0) is 19.7. The standard InChI is InChI=1S/C18H20BrN7O2/c1-24-15-9-14(19)22-26(15)8-7-13(18(24)28)21-17(27)16-20-11-25(23-16)10-12-5-3-2-4-6-12/h2-6,9,11,13-14,22H,7-8,10H2,1H3,(H,21,27). The molecule has 10 heteroatoms. The predicted molar refractivity (Wildman–Crippen MR) is 105 cm³/mol. The van der Waals surface area contributed by atoms with Crippen LogP contribution in [0.1, 0.15) is 22.6 Å². The van der Waals surface area contributed by atoms with Crippen LogP contribution < -0.4 is 10.7 Å². The molecular weight excluding hydrogens is 426 g/mol. The van der Waals surface area contributed by atoms with E-state index in [0.717, 1.165) is 11.4 Å². The van der Waals surface area contributed by atoms with E-state index in [0.29, 0.717) is 19.5 Å². The van der Waals surface area contributed by atoms with Crippen molar-refractivity contribution in [2.24, 2.45) is 0 Å². The Kier molecular flexibility index (Phi) is 5.14. The van der Waals surface area contributed by atoms with Gasteiger partial charge in [-0.3, -0.25) is 19.5 Å². The van der Waals surface area contributed by atoms with Crippen LogP contribution in [0.4, 0.5) is 0 Å². The van der Waals surface area contributed by atoms with Gasteiger partial charge in [0.05, 0.1) is 6.54 Å². The van der Waals surface area contributed by atoms with Crippen LogP contribution in [-0.2, 0) is 11.3 Å². The average molecular weight is 446 g/mol. The third-order valence-corrected chi connectivity index (χ3v) is 5.17. The van der Waals surface area contributed by atoms with Gasteiger partial charge in [-0.1, -0.05) is 46.3 Å². The largest absolute Gasteiger partial charge is 0.337 e. The average Bonchev–Trinajstić information content (AvgIpc) is 3.28. The molecule has 1 fully saturated rings. The summed E-state index contributed by atoms with van der Waals surface area (Å²) < 4.78 is 1.60. The third kappa shape index (κ3) is 3.78. The Balaban J connectivity index is 1.42. The Bertz CT molecular complexity index is 914. The number of halogens is 1. The van der Waals surface area contributed by atoms with Gasteiger partial charge in [0.1, 0.15) is 23.1 Å². The normalized spacial score (nSPS) is 21.9. The molecule has 4 rings (SSSR count). The second-order valence-electron chi connectivity index (χ2n) is 6.67. The number of alkyl halides is 1. The molecule has 2 aromatic rings. The summed E-state index contributed by atoms with van der Waals surface area (Å²) in [7, 11) is 1.70. The van der Waals surface area contributed by atoms with Crippen molar-refractivity contribution in [3.05, 3.63) is 59.9 Å². The highest BCUT2D eigenvalue weighted by atomic mass is 79.9. The molecule has 1 aromatic carbocycles. The van der Waals surface area contributed by atoms with Crippen molar-refractivity contribution in [2.45, 2.75) is 24.0 Å². The Morgan fingerprint density at radius 3 is 2.93 bits per heavy atom. The predicted octanol–water partition coefficient (Wildman–Crippen LogP) is 0.669. The summed E-state index contributed by atoms with van der Waals surface area (Å²) in [4.78, 5) is 31.0. The van der Waals surface area contributed by atoms with Crippen LogP contribution in [0, 0.1) is 0 Å². The molecule has 2 aliphatic heterocycles. The quantitative estimate of drug-likeness (QED) is 0.530. The minimum absolute atomic E-state index is 0.0123. The van der Waals surface area contributed by atoms with Crippen molar-refractivity contribution in [1.82, 2.24) is 35.4 Å². The highest BCUT2D eigenvalue weighted by Gasteiger charge is 2.35. The van der Waals surface area contributed by atoms with Gasteiger partial charge in [0.25, 0.3) is 11.8 Å².